The van der Waals surface area contributed by atoms with Crippen molar-refractivity contribution in [1.29, 1.82) is 0 Å². The van der Waals surface area contributed by atoms with Gasteiger partial charge in [0.1, 0.15) is 0 Å². The second-order valence-corrected chi connectivity index (χ2v) is 7.06. The number of hydrogen-bond donors (Lipinski definition) is 1. The van der Waals surface area contributed by atoms with Crippen LogP contribution < -0.4 is 5.32 Å². The van der Waals surface area contributed by atoms with E-state index in [1.54, 1.807) is 0 Å². The summed E-state index contributed by atoms with van der Waals surface area (Å²) in [6.07, 6.45) is 2.67. The van der Waals surface area contributed by atoms with Gasteiger partial charge in [-0.3, -0.25) is 9.59 Å². The lowest BCUT2D eigenvalue weighted by Gasteiger charge is -2.14. The lowest BCUT2D eigenvalue weighted by molar-refractivity contribution is -0.121. The van der Waals surface area contributed by atoms with Crippen LogP contribution in [0.1, 0.15) is 61.0 Å². The molecule has 0 aliphatic carbocycles. The van der Waals surface area contributed by atoms with Gasteiger partial charge in [0.15, 0.2) is 5.78 Å². The zero-order chi connectivity index (χ0) is 15.1. The molecule has 1 amide bonds. The van der Waals surface area contributed by atoms with Gasteiger partial charge in [-0.25, -0.2) is 0 Å². The summed E-state index contributed by atoms with van der Waals surface area (Å²) in [5.74, 6) is 0.689. The summed E-state index contributed by atoms with van der Waals surface area (Å²) in [4.78, 5) is 25.6. The highest BCUT2D eigenvalue weighted by Gasteiger charge is 2.12. The minimum atomic E-state index is -0.0251. The second kappa shape index (κ2) is 8.20. The van der Waals surface area contributed by atoms with Gasteiger partial charge in [0.05, 0.1) is 4.88 Å². The predicted molar refractivity (Wildman–Crippen MR) is 84.3 cm³/mol. The van der Waals surface area contributed by atoms with Crippen LogP contribution >= 0.6 is 11.3 Å². The minimum absolute atomic E-state index is 0.0251. The van der Waals surface area contributed by atoms with Crippen molar-refractivity contribution in [2.24, 2.45) is 5.92 Å². The average Bonchev–Trinajstić information content (AvgIpc) is 2.80. The Kier molecular flexibility index (Phi) is 6.93. The molecule has 4 heteroatoms. The molecule has 1 unspecified atom stereocenters. The third-order valence-electron chi connectivity index (χ3n) is 3.18. The zero-order valence-electron chi connectivity index (χ0n) is 12.9. The molecule has 0 fully saturated rings. The largest absolute Gasteiger partial charge is 0.354 e. The van der Waals surface area contributed by atoms with Gasteiger partial charge >= 0.3 is 0 Å². The molecule has 20 heavy (non-hydrogen) atoms. The van der Waals surface area contributed by atoms with E-state index >= 15 is 0 Å². The highest BCUT2D eigenvalue weighted by atomic mass is 32.1. The highest BCUT2D eigenvalue weighted by Crippen LogP contribution is 2.17. The molecule has 0 spiro atoms. The van der Waals surface area contributed by atoms with Crippen LogP contribution in [-0.4, -0.2) is 17.7 Å². The third kappa shape index (κ3) is 6.33. The topological polar surface area (TPSA) is 46.2 Å². The standard InChI is InChI=1S/C16H25NO2S/c1-11(2)5-6-12(3)17-16(19)10-8-14(18)15-9-7-13(4)20-15/h7,9,11-12H,5-6,8,10H2,1-4H3,(H,17,19). The molecule has 0 aliphatic heterocycles. The van der Waals surface area contributed by atoms with Gasteiger partial charge in [0, 0.05) is 23.8 Å². The fourth-order valence-corrected chi connectivity index (χ4v) is 2.77. The van der Waals surface area contributed by atoms with Crippen LogP contribution in [0, 0.1) is 12.8 Å². The van der Waals surface area contributed by atoms with E-state index in [2.05, 4.69) is 19.2 Å². The molecule has 1 atom stereocenters. The summed E-state index contributed by atoms with van der Waals surface area (Å²) in [5, 5.41) is 2.96. The van der Waals surface area contributed by atoms with Crippen LogP contribution in [-0.2, 0) is 4.79 Å². The van der Waals surface area contributed by atoms with Gasteiger partial charge in [-0.1, -0.05) is 13.8 Å². The van der Waals surface area contributed by atoms with E-state index in [0.29, 0.717) is 12.3 Å². The Morgan fingerprint density at radius 1 is 1.15 bits per heavy atom. The van der Waals surface area contributed by atoms with Crippen LogP contribution in [0.15, 0.2) is 12.1 Å². The molecule has 0 aliphatic rings. The number of carbonyl (C=O) groups is 2. The molecule has 0 radical (unpaired) electrons. The monoisotopic (exact) mass is 295 g/mol. The molecule has 1 N–H and O–H groups in total. The summed E-state index contributed by atoms with van der Waals surface area (Å²) < 4.78 is 0. The van der Waals surface area contributed by atoms with Gasteiger partial charge in [-0.2, -0.15) is 0 Å². The molecule has 0 aromatic carbocycles. The second-order valence-electron chi connectivity index (χ2n) is 5.77. The van der Waals surface area contributed by atoms with E-state index < -0.39 is 0 Å². The lowest BCUT2D eigenvalue weighted by Crippen LogP contribution is -2.32. The first kappa shape index (κ1) is 16.9. The van der Waals surface area contributed by atoms with E-state index in [0.717, 1.165) is 22.6 Å². The molecule has 1 aromatic rings. The molecular formula is C16H25NO2S. The number of thiophene rings is 1. The zero-order valence-corrected chi connectivity index (χ0v) is 13.7. The summed E-state index contributed by atoms with van der Waals surface area (Å²) in [6, 6.07) is 3.96. The van der Waals surface area contributed by atoms with Gasteiger partial charge in [-0.15, -0.1) is 11.3 Å². The quantitative estimate of drug-likeness (QED) is 0.738. The molecule has 3 nitrogen and oxygen atoms in total. The summed E-state index contributed by atoms with van der Waals surface area (Å²) >= 11 is 1.49. The first-order valence-corrected chi connectivity index (χ1v) is 8.09. The normalized spacial score (nSPS) is 12.4. The van der Waals surface area contributed by atoms with Crippen molar-refractivity contribution >= 4 is 23.0 Å². The van der Waals surface area contributed by atoms with Gasteiger partial charge in [0.2, 0.25) is 5.91 Å². The molecule has 1 rings (SSSR count). The van der Waals surface area contributed by atoms with Crippen molar-refractivity contribution in [2.45, 2.75) is 59.4 Å². The fourth-order valence-electron chi connectivity index (χ4n) is 1.94. The van der Waals surface area contributed by atoms with Crippen LogP contribution in [0.5, 0.6) is 0 Å². The van der Waals surface area contributed by atoms with E-state index in [9.17, 15) is 9.59 Å². The Bertz CT molecular complexity index is 451. The first-order valence-electron chi connectivity index (χ1n) is 7.27. The first-order chi connectivity index (χ1) is 9.38. The SMILES string of the molecule is Cc1ccc(C(=O)CCC(=O)NC(C)CCC(C)C)s1. The number of nitrogens with one attached hydrogen (secondary N) is 1. The average molecular weight is 295 g/mol. The molecule has 1 heterocycles. The minimum Gasteiger partial charge on any atom is -0.354 e. The molecular weight excluding hydrogens is 270 g/mol. The van der Waals surface area contributed by atoms with Crippen molar-refractivity contribution in [2.75, 3.05) is 0 Å². The van der Waals surface area contributed by atoms with Crippen molar-refractivity contribution in [3.05, 3.63) is 21.9 Å². The Hall–Kier alpha value is -1.16. The van der Waals surface area contributed by atoms with Crippen LogP contribution in [0.25, 0.3) is 0 Å². The molecule has 0 saturated heterocycles. The third-order valence-corrected chi connectivity index (χ3v) is 4.22. The lowest BCUT2D eigenvalue weighted by atomic mass is 10.0. The van der Waals surface area contributed by atoms with E-state index in [-0.39, 0.29) is 24.2 Å². The van der Waals surface area contributed by atoms with Crippen molar-refractivity contribution in [3.63, 3.8) is 0 Å². The predicted octanol–water partition coefficient (Wildman–Crippen LogP) is 3.96. The summed E-state index contributed by atoms with van der Waals surface area (Å²) in [5.41, 5.74) is 0. The number of amides is 1. The molecule has 0 bridgehead atoms. The number of rotatable bonds is 8. The number of ketones is 1. The van der Waals surface area contributed by atoms with Crippen LogP contribution in [0.4, 0.5) is 0 Å². The maximum Gasteiger partial charge on any atom is 0.220 e. The fraction of sp³-hybridized carbons (Fsp3) is 0.625. The number of carbonyl (C=O) groups excluding carboxylic acids is 2. The molecule has 1 aromatic heterocycles. The van der Waals surface area contributed by atoms with E-state index in [1.165, 1.54) is 11.3 Å². The summed E-state index contributed by atoms with van der Waals surface area (Å²) in [7, 11) is 0. The number of Topliss-reactive ketones (excluding diaryl/α,β-unsaturated/α-hetero) is 1. The van der Waals surface area contributed by atoms with Crippen molar-refractivity contribution in [1.82, 2.24) is 5.32 Å². The number of aryl methyl sites for hydroxylation is 1. The van der Waals surface area contributed by atoms with Crippen LogP contribution in [0.3, 0.4) is 0 Å². The van der Waals surface area contributed by atoms with Gasteiger partial charge in [0.25, 0.3) is 0 Å². The highest BCUT2D eigenvalue weighted by molar-refractivity contribution is 7.14. The number of hydrogen-bond acceptors (Lipinski definition) is 3. The van der Waals surface area contributed by atoms with E-state index in [4.69, 9.17) is 0 Å². The smallest absolute Gasteiger partial charge is 0.220 e. The van der Waals surface area contributed by atoms with Crippen molar-refractivity contribution in [3.8, 4) is 0 Å². The van der Waals surface area contributed by atoms with Crippen LogP contribution in [0.2, 0.25) is 0 Å². The Morgan fingerprint density at radius 3 is 2.40 bits per heavy atom. The Labute approximate surface area is 125 Å². The van der Waals surface area contributed by atoms with Crippen molar-refractivity contribution < 1.29 is 9.59 Å². The van der Waals surface area contributed by atoms with Gasteiger partial charge < -0.3 is 5.32 Å². The Morgan fingerprint density at radius 2 is 1.85 bits per heavy atom. The molecule has 0 saturated carbocycles. The maximum absolute atomic E-state index is 11.9. The molecule has 112 valence electrons. The van der Waals surface area contributed by atoms with E-state index in [1.807, 2.05) is 26.0 Å². The summed E-state index contributed by atoms with van der Waals surface area (Å²) in [6.45, 7) is 8.35. The van der Waals surface area contributed by atoms with Gasteiger partial charge in [-0.05, 0) is 44.7 Å². The Balaban J connectivity index is 2.27. The maximum atomic E-state index is 11.9.